The number of rotatable bonds is 6. The Balaban J connectivity index is 1.86. The van der Waals surface area contributed by atoms with Gasteiger partial charge in [-0.25, -0.2) is 0 Å². The smallest absolute Gasteiger partial charge is 0.481 e. The highest BCUT2D eigenvalue weighted by molar-refractivity contribution is 5.78. The quantitative estimate of drug-likeness (QED) is 0.861. The molecular weight excluding hydrogens is 327 g/mol. The molecule has 1 aliphatic heterocycles. The zero-order valence-corrected chi connectivity index (χ0v) is 12.9. The van der Waals surface area contributed by atoms with Crippen LogP contribution in [-0.2, 0) is 16.0 Å². The lowest BCUT2D eigenvalue weighted by molar-refractivity contribution is -0.274. The first-order valence-electron chi connectivity index (χ1n) is 7.60. The van der Waals surface area contributed by atoms with Crippen molar-refractivity contribution in [2.24, 2.45) is 0 Å². The monoisotopic (exact) mass is 345 g/mol. The van der Waals surface area contributed by atoms with E-state index < -0.39 is 12.3 Å². The summed E-state index contributed by atoms with van der Waals surface area (Å²) in [5.41, 5.74) is 0.715. The van der Waals surface area contributed by atoms with Gasteiger partial charge in [-0.2, -0.15) is 0 Å². The Labute approximate surface area is 137 Å². The van der Waals surface area contributed by atoms with Crippen molar-refractivity contribution in [1.29, 1.82) is 0 Å². The number of carbonyl (C=O) groups excluding carboxylic acids is 1. The van der Waals surface area contributed by atoms with Gasteiger partial charge < -0.3 is 14.7 Å². The Hall–Kier alpha value is -2.25. The average molecular weight is 345 g/mol. The van der Waals surface area contributed by atoms with E-state index in [1.54, 1.807) is 4.90 Å². The summed E-state index contributed by atoms with van der Waals surface area (Å²) in [6, 6.07) is 5.10. The van der Waals surface area contributed by atoms with Gasteiger partial charge in [0.15, 0.2) is 0 Å². The Morgan fingerprint density at radius 2 is 1.92 bits per heavy atom. The Bertz CT molecular complexity index is 586. The van der Waals surface area contributed by atoms with Crippen molar-refractivity contribution in [1.82, 2.24) is 4.90 Å². The standard InChI is InChI=1S/C16H18F3NO4/c17-16(18,19)24-13-6-3-11(4-7-13)5-8-14(21)20-9-1-2-12(20)10-15(22)23/h3-4,6-7,12H,1-2,5,8-10H2,(H,22,23). The van der Waals surface area contributed by atoms with E-state index >= 15 is 0 Å². The summed E-state index contributed by atoms with van der Waals surface area (Å²) in [7, 11) is 0. The van der Waals surface area contributed by atoms with Crippen LogP contribution in [0.15, 0.2) is 24.3 Å². The summed E-state index contributed by atoms with van der Waals surface area (Å²) in [4.78, 5) is 24.6. The lowest BCUT2D eigenvalue weighted by Gasteiger charge is -2.23. The highest BCUT2D eigenvalue weighted by Crippen LogP contribution is 2.24. The van der Waals surface area contributed by atoms with Crippen LogP contribution in [0, 0.1) is 0 Å². The van der Waals surface area contributed by atoms with E-state index in [9.17, 15) is 22.8 Å². The molecule has 1 aromatic rings. The Morgan fingerprint density at radius 3 is 2.50 bits per heavy atom. The summed E-state index contributed by atoms with van der Waals surface area (Å²) in [6.07, 6.45) is -2.76. The number of alkyl halides is 3. The number of nitrogens with zero attached hydrogens (tertiary/aromatic N) is 1. The van der Waals surface area contributed by atoms with Crippen LogP contribution in [0.1, 0.15) is 31.2 Å². The number of benzene rings is 1. The molecule has 2 rings (SSSR count). The third-order valence-electron chi connectivity index (χ3n) is 3.89. The van der Waals surface area contributed by atoms with Crippen molar-refractivity contribution in [2.75, 3.05) is 6.54 Å². The van der Waals surface area contributed by atoms with Crippen LogP contribution in [0.2, 0.25) is 0 Å². The maximum Gasteiger partial charge on any atom is 0.573 e. The SMILES string of the molecule is O=C(O)CC1CCCN1C(=O)CCc1ccc(OC(F)(F)F)cc1. The molecule has 0 aliphatic carbocycles. The van der Waals surface area contributed by atoms with E-state index in [-0.39, 0.29) is 30.5 Å². The van der Waals surface area contributed by atoms with Crippen molar-refractivity contribution >= 4 is 11.9 Å². The van der Waals surface area contributed by atoms with Gasteiger partial charge in [0.05, 0.1) is 6.42 Å². The van der Waals surface area contributed by atoms with Crippen molar-refractivity contribution in [2.45, 2.75) is 44.5 Å². The molecule has 1 heterocycles. The molecule has 24 heavy (non-hydrogen) atoms. The topological polar surface area (TPSA) is 66.8 Å². The summed E-state index contributed by atoms with van der Waals surface area (Å²) in [5, 5.41) is 8.86. The van der Waals surface area contributed by atoms with Gasteiger partial charge in [-0.1, -0.05) is 12.1 Å². The number of likely N-dealkylation sites (tertiary alicyclic amines) is 1. The Morgan fingerprint density at radius 1 is 1.25 bits per heavy atom. The molecule has 1 saturated heterocycles. The predicted molar refractivity (Wildman–Crippen MR) is 78.4 cm³/mol. The number of aliphatic carboxylic acids is 1. The minimum Gasteiger partial charge on any atom is -0.481 e. The van der Waals surface area contributed by atoms with Gasteiger partial charge in [-0.3, -0.25) is 9.59 Å². The number of hydrogen-bond donors (Lipinski definition) is 1. The molecular formula is C16H18F3NO4. The fourth-order valence-electron chi connectivity index (χ4n) is 2.83. The van der Waals surface area contributed by atoms with Crippen LogP contribution < -0.4 is 4.74 Å². The lowest BCUT2D eigenvalue weighted by atomic mass is 10.1. The number of aryl methyl sites for hydroxylation is 1. The van der Waals surface area contributed by atoms with E-state index in [4.69, 9.17) is 5.11 Å². The molecule has 1 atom stereocenters. The van der Waals surface area contributed by atoms with Crippen molar-refractivity contribution < 1.29 is 32.6 Å². The number of halogens is 3. The molecule has 1 unspecified atom stereocenters. The van der Waals surface area contributed by atoms with E-state index in [2.05, 4.69) is 4.74 Å². The van der Waals surface area contributed by atoms with Crippen molar-refractivity contribution in [3.63, 3.8) is 0 Å². The highest BCUT2D eigenvalue weighted by atomic mass is 19.4. The number of ether oxygens (including phenoxy) is 1. The molecule has 1 fully saturated rings. The second kappa shape index (κ2) is 7.55. The molecule has 1 aliphatic rings. The number of hydrogen-bond acceptors (Lipinski definition) is 3. The first kappa shape index (κ1) is 18.1. The molecule has 1 aromatic carbocycles. The number of carboxylic acids is 1. The third-order valence-corrected chi connectivity index (χ3v) is 3.89. The number of amides is 1. The van der Waals surface area contributed by atoms with Gasteiger partial charge in [0.2, 0.25) is 5.91 Å². The van der Waals surface area contributed by atoms with Crippen LogP contribution in [0.5, 0.6) is 5.75 Å². The van der Waals surface area contributed by atoms with Gasteiger partial charge >= 0.3 is 12.3 Å². The first-order valence-corrected chi connectivity index (χ1v) is 7.60. The van der Waals surface area contributed by atoms with E-state index in [0.29, 0.717) is 24.9 Å². The third kappa shape index (κ3) is 5.43. The Kier molecular flexibility index (Phi) is 5.69. The van der Waals surface area contributed by atoms with Crippen LogP contribution >= 0.6 is 0 Å². The van der Waals surface area contributed by atoms with E-state index in [1.807, 2.05) is 0 Å². The van der Waals surface area contributed by atoms with Crippen LogP contribution in [0.4, 0.5) is 13.2 Å². The lowest BCUT2D eigenvalue weighted by Crippen LogP contribution is -2.36. The normalized spacial score (nSPS) is 17.8. The van der Waals surface area contributed by atoms with Crippen molar-refractivity contribution in [3.05, 3.63) is 29.8 Å². The second-order valence-electron chi connectivity index (χ2n) is 5.67. The maximum atomic E-state index is 12.2. The van der Waals surface area contributed by atoms with E-state index in [0.717, 1.165) is 6.42 Å². The largest absolute Gasteiger partial charge is 0.573 e. The minimum atomic E-state index is -4.73. The van der Waals surface area contributed by atoms with Gasteiger partial charge in [-0.05, 0) is 37.0 Å². The van der Waals surface area contributed by atoms with Gasteiger partial charge in [0, 0.05) is 19.0 Å². The molecule has 132 valence electrons. The van der Waals surface area contributed by atoms with Gasteiger partial charge in [0.1, 0.15) is 5.75 Å². The maximum absolute atomic E-state index is 12.2. The molecule has 0 spiro atoms. The van der Waals surface area contributed by atoms with Gasteiger partial charge in [-0.15, -0.1) is 13.2 Å². The summed E-state index contributed by atoms with van der Waals surface area (Å²) >= 11 is 0. The van der Waals surface area contributed by atoms with E-state index in [1.165, 1.54) is 24.3 Å². The number of carboxylic acid groups (broad SMARTS) is 1. The summed E-state index contributed by atoms with van der Waals surface area (Å²) in [6.45, 7) is 0.551. The molecule has 0 radical (unpaired) electrons. The van der Waals surface area contributed by atoms with Crippen LogP contribution in [0.25, 0.3) is 0 Å². The van der Waals surface area contributed by atoms with Crippen LogP contribution in [-0.4, -0.2) is 40.8 Å². The van der Waals surface area contributed by atoms with Crippen LogP contribution in [0.3, 0.4) is 0 Å². The zero-order valence-electron chi connectivity index (χ0n) is 12.9. The molecule has 1 N–H and O–H groups in total. The molecule has 0 saturated carbocycles. The minimum absolute atomic E-state index is 0.0603. The fraction of sp³-hybridized carbons (Fsp3) is 0.500. The molecule has 8 heteroatoms. The highest BCUT2D eigenvalue weighted by Gasteiger charge is 2.31. The van der Waals surface area contributed by atoms with Gasteiger partial charge in [0.25, 0.3) is 0 Å². The fourth-order valence-corrected chi connectivity index (χ4v) is 2.83. The molecule has 1 amide bonds. The zero-order chi connectivity index (χ0) is 17.7. The molecule has 5 nitrogen and oxygen atoms in total. The summed E-state index contributed by atoms with van der Waals surface area (Å²) < 4.78 is 40.0. The van der Waals surface area contributed by atoms with Crippen molar-refractivity contribution in [3.8, 4) is 5.75 Å². The second-order valence-corrected chi connectivity index (χ2v) is 5.67. The summed E-state index contributed by atoms with van der Waals surface area (Å²) in [5.74, 6) is -1.37. The predicted octanol–water partition coefficient (Wildman–Crippen LogP) is 2.98. The molecule has 0 aromatic heterocycles. The molecule has 0 bridgehead atoms. The number of carbonyl (C=O) groups is 2. The average Bonchev–Trinajstić information content (AvgIpc) is 2.92. The first-order chi connectivity index (χ1) is 11.2.